The summed E-state index contributed by atoms with van der Waals surface area (Å²) in [4.78, 5) is 15.1. The number of imidazole rings is 1. The van der Waals surface area contributed by atoms with Crippen LogP contribution in [-0.2, 0) is 6.42 Å². The number of carboxylic acid groups (broad SMARTS) is 1. The molecule has 4 nitrogen and oxygen atoms in total. The molecular weight excluding hydrogens is 383 g/mol. The molecule has 3 rings (SSSR count). The summed E-state index contributed by atoms with van der Waals surface area (Å²) in [5.41, 5.74) is 1.85. The number of aromatic nitrogens is 2. The molecule has 0 bridgehead atoms. The Bertz CT molecular complexity index is 907. The molecule has 25 heavy (non-hydrogen) atoms. The van der Waals surface area contributed by atoms with E-state index < -0.39 is 5.97 Å². The third-order valence-corrected chi connectivity index (χ3v) is 4.70. The number of halogens is 3. The van der Waals surface area contributed by atoms with Crippen molar-refractivity contribution >= 4 is 40.8 Å². The van der Waals surface area contributed by atoms with Crippen molar-refractivity contribution in [1.82, 2.24) is 9.55 Å². The highest BCUT2D eigenvalue weighted by atomic mass is 35.5. The van der Waals surface area contributed by atoms with Gasteiger partial charge in [0, 0.05) is 21.3 Å². The van der Waals surface area contributed by atoms with Crippen molar-refractivity contribution in [1.29, 1.82) is 0 Å². The van der Waals surface area contributed by atoms with Crippen molar-refractivity contribution in [3.63, 3.8) is 0 Å². The minimum Gasteiger partial charge on any atom is -0.476 e. The Labute approximate surface area is 159 Å². The Kier molecular flexibility index (Phi) is 5.33. The largest absolute Gasteiger partial charge is 0.476 e. The Morgan fingerprint density at radius 2 is 1.76 bits per heavy atom. The molecule has 0 aliphatic heterocycles. The fourth-order valence-electron chi connectivity index (χ4n) is 2.59. The normalized spacial score (nSPS) is 12.1. The van der Waals surface area contributed by atoms with Crippen LogP contribution in [0.5, 0.6) is 0 Å². The van der Waals surface area contributed by atoms with Gasteiger partial charge >= 0.3 is 5.97 Å². The van der Waals surface area contributed by atoms with Crippen molar-refractivity contribution in [3.05, 3.63) is 86.9 Å². The van der Waals surface area contributed by atoms with Gasteiger partial charge in [0.15, 0.2) is 5.69 Å². The molecule has 0 spiro atoms. The quantitative estimate of drug-likeness (QED) is 0.631. The molecule has 3 aromatic rings. The SMILES string of the molecule is O=C(O)c1cn(C(Cc2ccc(Cl)cc2Cl)c2ccc(Cl)cc2)cn1. The Morgan fingerprint density at radius 1 is 1.08 bits per heavy atom. The summed E-state index contributed by atoms with van der Waals surface area (Å²) in [7, 11) is 0. The van der Waals surface area contributed by atoms with E-state index in [1.165, 1.54) is 12.5 Å². The Morgan fingerprint density at radius 3 is 2.36 bits per heavy atom. The van der Waals surface area contributed by atoms with Crippen LogP contribution < -0.4 is 0 Å². The van der Waals surface area contributed by atoms with Gasteiger partial charge in [0.25, 0.3) is 0 Å². The fraction of sp³-hybridized carbons (Fsp3) is 0.111. The zero-order valence-corrected chi connectivity index (χ0v) is 15.1. The summed E-state index contributed by atoms with van der Waals surface area (Å²) in [5.74, 6) is -1.07. The van der Waals surface area contributed by atoms with Gasteiger partial charge in [-0.3, -0.25) is 0 Å². The monoisotopic (exact) mass is 394 g/mol. The standard InChI is InChI=1S/C18H13Cl3N2O2/c19-13-4-1-11(2-5-13)17(23-9-16(18(24)25)22-10-23)7-12-3-6-14(20)8-15(12)21/h1-6,8-10,17H,7H2,(H,24,25). The smallest absolute Gasteiger partial charge is 0.356 e. The maximum Gasteiger partial charge on any atom is 0.356 e. The molecule has 0 saturated heterocycles. The molecule has 7 heteroatoms. The van der Waals surface area contributed by atoms with Crippen LogP contribution in [0.3, 0.4) is 0 Å². The number of carbonyl (C=O) groups is 1. The molecule has 0 aliphatic carbocycles. The average molecular weight is 396 g/mol. The van der Waals surface area contributed by atoms with E-state index >= 15 is 0 Å². The van der Waals surface area contributed by atoms with Crippen molar-refractivity contribution in [2.45, 2.75) is 12.5 Å². The van der Waals surface area contributed by atoms with Crippen LogP contribution in [0.25, 0.3) is 0 Å². The summed E-state index contributed by atoms with van der Waals surface area (Å²) in [6, 6.07) is 12.5. The van der Waals surface area contributed by atoms with Crippen LogP contribution in [0, 0.1) is 0 Å². The van der Waals surface area contributed by atoms with Crippen LogP contribution in [0.2, 0.25) is 15.1 Å². The molecule has 0 amide bonds. The zero-order chi connectivity index (χ0) is 18.0. The van der Waals surface area contributed by atoms with Crippen molar-refractivity contribution < 1.29 is 9.90 Å². The van der Waals surface area contributed by atoms with Gasteiger partial charge in [-0.2, -0.15) is 0 Å². The van der Waals surface area contributed by atoms with E-state index in [-0.39, 0.29) is 11.7 Å². The highest BCUT2D eigenvalue weighted by molar-refractivity contribution is 6.35. The summed E-state index contributed by atoms with van der Waals surface area (Å²) in [5, 5.41) is 10.9. The second-order valence-electron chi connectivity index (χ2n) is 5.52. The molecule has 0 radical (unpaired) electrons. The minimum absolute atomic E-state index is 0.0128. The lowest BCUT2D eigenvalue weighted by Gasteiger charge is -2.20. The number of benzene rings is 2. The highest BCUT2D eigenvalue weighted by Crippen LogP contribution is 2.29. The Balaban J connectivity index is 2.01. The number of nitrogens with zero attached hydrogens (tertiary/aromatic N) is 2. The molecule has 1 N–H and O–H groups in total. The molecule has 128 valence electrons. The van der Waals surface area contributed by atoms with Gasteiger partial charge in [-0.25, -0.2) is 9.78 Å². The van der Waals surface area contributed by atoms with E-state index in [1.807, 2.05) is 18.2 Å². The molecule has 1 aromatic heterocycles. The van der Waals surface area contributed by atoms with Crippen LogP contribution in [-0.4, -0.2) is 20.6 Å². The maximum absolute atomic E-state index is 11.1. The fourth-order valence-corrected chi connectivity index (χ4v) is 3.21. The molecule has 1 atom stereocenters. The van der Waals surface area contributed by atoms with Crippen molar-refractivity contribution in [2.24, 2.45) is 0 Å². The van der Waals surface area contributed by atoms with Crippen LogP contribution in [0.15, 0.2) is 55.0 Å². The third-order valence-electron chi connectivity index (χ3n) is 3.86. The summed E-state index contributed by atoms with van der Waals surface area (Å²) in [6.07, 6.45) is 3.56. The highest BCUT2D eigenvalue weighted by Gasteiger charge is 2.18. The first-order valence-electron chi connectivity index (χ1n) is 7.40. The predicted octanol–water partition coefficient (Wildman–Crippen LogP) is 5.37. The Hall–Kier alpha value is -2.01. The van der Waals surface area contributed by atoms with Gasteiger partial charge in [-0.1, -0.05) is 53.0 Å². The van der Waals surface area contributed by atoms with Gasteiger partial charge in [-0.15, -0.1) is 0 Å². The number of hydrogen-bond donors (Lipinski definition) is 1. The first-order valence-corrected chi connectivity index (χ1v) is 8.53. The maximum atomic E-state index is 11.1. The zero-order valence-electron chi connectivity index (χ0n) is 12.9. The van der Waals surface area contributed by atoms with E-state index in [4.69, 9.17) is 39.9 Å². The molecule has 1 heterocycles. The second kappa shape index (κ2) is 7.48. The van der Waals surface area contributed by atoms with Crippen LogP contribution >= 0.6 is 34.8 Å². The average Bonchev–Trinajstić information content (AvgIpc) is 3.05. The molecule has 0 saturated carbocycles. The number of aromatic carboxylic acids is 1. The van der Waals surface area contributed by atoms with Crippen molar-refractivity contribution in [3.8, 4) is 0 Å². The van der Waals surface area contributed by atoms with Gasteiger partial charge in [0.2, 0.25) is 0 Å². The summed E-state index contributed by atoms with van der Waals surface area (Å²) >= 11 is 18.2. The van der Waals surface area contributed by atoms with E-state index in [2.05, 4.69) is 4.98 Å². The first kappa shape index (κ1) is 17.8. The van der Waals surface area contributed by atoms with E-state index in [0.29, 0.717) is 21.5 Å². The number of hydrogen-bond acceptors (Lipinski definition) is 2. The molecular formula is C18H13Cl3N2O2. The van der Waals surface area contributed by atoms with E-state index in [1.54, 1.807) is 28.8 Å². The first-order chi connectivity index (χ1) is 11.9. The van der Waals surface area contributed by atoms with Crippen molar-refractivity contribution in [2.75, 3.05) is 0 Å². The summed E-state index contributed by atoms with van der Waals surface area (Å²) < 4.78 is 1.76. The van der Waals surface area contributed by atoms with Gasteiger partial charge in [-0.05, 0) is 41.8 Å². The lowest BCUT2D eigenvalue weighted by molar-refractivity contribution is 0.0691. The molecule has 1 unspecified atom stereocenters. The molecule has 0 aliphatic rings. The lowest BCUT2D eigenvalue weighted by atomic mass is 9.98. The minimum atomic E-state index is -1.07. The topological polar surface area (TPSA) is 55.1 Å². The van der Waals surface area contributed by atoms with Gasteiger partial charge in [0.1, 0.15) is 0 Å². The third kappa shape index (κ3) is 4.15. The van der Waals surface area contributed by atoms with Gasteiger partial charge in [0.05, 0.1) is 12.4 Å². The number of rotatable bonds is 5. The number of carboxylic acids is 1. The lowest BCUT2D eigenvalue weighted by Crippen LogP contribution is -2.12. The van der Waals surface area contributed by atoms with Crippen LogP contribution in [0.4, 0.5) is 0 Å². The van der Waals surface area contributed by atoms with E-state index in [0.717, 1.165) is 11.1 Å². The van der Waals surface area contributed by atoms with Crippen LogP contribution in [0.1, 0.15) is 27.7 Å². The molecule has 2 aromatic carbocycles. The van der Waals surface area contributed by atoms with Gasteiger partial charge < -0.3 is 9.67 Å². The molecule has 0 fully saturated rings. The summed E-state index contributed by atoms with van der Waals surface area (Å²) in [6.45, 7) is 0. The second-order valence-corrected chi connectivity index (χ2v) is 6.80. The predicted molar refractivity (Wildman–Crippen MR) is 98.9 cm³/mol. The van der Waals surface area contributed by atoms with E-state index in [9.17, 15) is 4.79 Å².